The van der Waals surface area contributed by atoms with Crippen LogP contribution < -0.4 is 10.4 Å². The maximum atomic E-state index is 2.35. The zero-order valence-corrected chi connectivity index (χ0v) is 15.2. The van der Waals surface area contributed by atoms with Crippen LogP contribution in [0.1, 0.15) is 11.1 Å². The number of hydrogen-bond donors (Lipinski definition) is 0. The topological polar surface area (TPSA) is 0 Å². The van der Waals surface area contributed by atoms with Gasteiger partial charge in [-0.15, -0.1) is 0 Å². The molecular formula is C24H20Si. The predicted molar refractivity (Wildman–Crippen MR) is 109 cm³/mol. The molecule has 0 aliphatic carbocycles. The van der Waals surface area contributed by atoms with E-state index in [-0.39, 0.29) is 0 Å². The van der Waals surface area contributed by atoms with Gasteiger partial charge in [-0.2, -0.15) is 0 Å². The Kier molecular flexibility index (Phi) is 3.35. The Morgan fingerprint density at radius 1 is 0.480 bits per heavy atom. The van der Waals surface area contributed by atoms with Gasteiger partial charge in [0.05, 0.1) is 0 Å². The normalized spacial score (nSPS) is 15.2. The Balaban J connectivity index is 1.79. The van der Waals surface area contributed by atoms with E-state index < -0.39 is 8.07 Å². The minimum Gasteiger partial charge on any atom is -0.0626 e. The Morgan fingerprint density at radius 2 is 0.960 bits per heavy atom. The van der Waals surface area contributed by atoms with Crippen LogP contribution in [0.5, 0.6) is 0 Å². The van der Waals surface area contributed by atoms with Crippen LogP contribution in [0.25, 0.3) is 10.8 Å². The van der Waals surface area contributed by atoms with Crippen molar-refractivity contribution in [3.05, 3.63) is 108 Å². The maximum absolute atomic E-state index is 2.35. The van der Waals surface area contributed by atoms with Gasteiger partial charge in [0.15, 0.2) is 0 Å². The lowest BCUT2D eigenvalue weighted by molar-refractivity contribution is 1.22. The van der Waals surface area contributed by atoms with Gasteiger partial charge in [0, 0.05) is 0 Å². The van der Waals surface area contributed by atoms with Crippen molar-refractivity contribution in [1.29, 1.82) is 0 Å². The third-order valence-electron chi connectivity index (χ3n) is 5.71. The van der Waals surface area contributed by atoms with Gasteiger partial charge in [0.1, 0.15) is 8.07 Å². The van der Waals surface area contributed by atoms with Gasteiger partial charge >= 0.3 is 0 Å². The zero-order valence-electron chi connectivity index (χ0n) is 14.2. The molecule has 4 aromatic rings. The first-order valence-electron chi connectivity index (χ1n) is 8.97. The molecule has 0 saturated heterocycles. The lowest BCUT2D eigenvalue weighted by atomic mass is 10.0. The van der Waals surface area contributed by atoms with E-state index in [0.29, 0.717) is 0 Å². The standard InChI is InChI=1S/C24H20Si/c1-3-13-22(14-4-1)25(23-15-5-2-6-16-23)17-20-11-7-9-19-10-8-12-21(18-25)24(19)20/h1-16H,17-18H2. The molecular weight excluding hydrogens is 316 g/mol. The third-order valence-corrected chi connectivity index (χ3v) is 10.6. The summed E-state index contributed by atoms with van der Waals surface area (Å²) in [5.74, 6) is 0. The summed E-state index contributed by atoms with van der Waals surface area (Å²) in [4.78, 5) is 0. The van der Waals surface area contributed by atoms with Gasteiger partial charge in [0.25, 0.3) is 0 Å². The van der Waals surface area contributed by atoms with E-state index in [1.807, 2.05) is 0 Å². The largest absolute Gasteiger partial charge is 0.126 e. The molecule has 5 rings (SSSR count). The van der Waals surface area contributed by atoms with Crippen molar-refractivity contribution in [1.82, 2.24) is 0 Å². The van der Waals surface area contributed by atoms with E-state index in [2.05, 4.69) is 97.1 Å². The summed E-state index contributed by atoms with van der Waals surface area (Å²) in [6, 6.07) is 38.5. The molecule has 0 bridgehead atoms. The molecule has 0 aromatic heterocycles. The number of rotatable bonds is 2. The van der Waals surface area contributed by atoms with Gasteiger partial charge in [-0.25, -0.2) is 0 Å². The number of benzene rings is 4. The van der Waals surface area contributed by atoms with Crippen molar-refractivity contribution in [2.24, 2.45) is 0 Å². The van der Waals surface area contributed by atoms with Crippen LogP contribution in [0, 0.1) is 0 Å². The van der Waals surface area contributed by atoms with Crippen molar-refractivity contribution < 1.29 is 0 Å². The second-order valence-corrected chi connectivity index (χ2v) is 11.1. The smallest absolute Gasteiger partial charge is 0.0626 e. The zero-order chi connectivity index (χ0) is 16.7. The Bertz CT molecular complexity index is 953. The Morgan fingerprint density at radius 3 is 1.44 bits per heavy atom. The molecule has 0 atom stereocenters. The van der Waals surface area contributed by atoms with Crippen LogP contribution >= 0.6 is 0 Å². The van der Waals surface area contributed by atoms with Crippen molar-refractivity contribution >= 4 is 29.2 Å². The van der Waals surface area contributed by atoms with E-state index in [1.165, 1.54) is 34.0 Å². The van der Waals surface area contributed by atoms with E-state index in [1.54, 1.807) is 10.4 Å². The van der Waals surface area contributed by atoms with Gasteiger partial charge in [-0.3, -0.25) is 0 Å². The maximum Gasteiger partial charge on any atom is 0.126 e. The SMILES string of the molecule is c1ccc([Si]2(c3ccccc3)Cc3cccc4cccc(c34)C2)cc1. The van der Waals surface area contributed by atoms with Crippen LogP contribution in [0.4, 0.5) is 0 Å². The Labute approximate surface area is 149 Å². The highest BCUT2D eigenvalue weighted by Crippen LogP contribution is 2.33. The third kappa shape index (κ3) is 2.27. The summed E-state index contributed by atoms with van der Waals surface area (Å²) >= 11 is 0. The highest BCUT2D eigenvalue weighted by Gasteiger charge is 2.40. The van der Waals surface area contributed by atoms with Gasteiger partial charge in [-0.1, -0.05) is 107 Å². The number of hydrogen-bond acceptors (Lipinski definition) is 0. The van der Waals surface area contributed by atoms with Crippen LogP contribution in [0.15, 0.2) is 97.1 Å². The summed E-state index contributed by atoms with van der Waals surface area (Å²) in [5, 5.41) is 5.99. The quantitative estimate of drug-likeness (QED) is 0.479. The summed E-state index contributed by atoms with van der Waals surface area (Å²) in [6.45, 7) is 0. The van der Waals surface area contributed by atoms with Crippen LogP contribution in [-0.2, 0) is 12.1 Å². The van der Waals surface area contributed by atoms with E-state index in [4.69, 9.17) is 0 Å². The van der Waals surface area contributed by atoms with Crippen molar-refractivity contribution in [3.63, 3.8) is 0 Å². The summed E-state index contributed by atoms with van der Waals surface area (Å²) < 4.78 is 0. The Hall–Kier alpha value is -2.64. The molecule has 0 saturated carbocycles. The second-order valence-electron chi connectivity index (χ2n) is 7.10. The summed E-state index contributed by atoms with van der Waals surface area (Å²) in [5.41, 5.74) is 3.05. The summed E-state index contributed by atoms with van der Waals surface area (Å²) in [6.07, 6.45) is 0. The first kappa shape index (κ1) is 14.7. The molecule has 0 spiro atoms. The minimum absolute atomic E-state index is 1.19. The van der Waals surface area contributed by atoms with Gasteiger partial charge in [-0.05, 0) is 34.0 Å². The monoisotopic (exact) mass is 336 g/mol. The molecule has 0 fully saturated rings. The molecule has 1 aliphatic rings. The summed E-state index contributed by atoms with van der Waals surface area (Å²) in [7, 11) is -1.86. The van der Waals surface area contributed by atoms with Crippen molar-refractivity contribution in [2.75, 3.05) is 0 Å². The molecule has 120 valence electrons. The highest BCUT2D eigenvalue weighted by molar-refractivity contribution is 7.01. The first-order chi connectivity index (χ1) is 12.4. The van der Waals surface area contributed by atoms with Crippen LogP contribution in [0.3, 0.4) is 0 Å². The van der Waals surface area contributed by atoms with Gasteiger partial charge in [0.2, 0.25) is 0 Å². The first-order valence-corrected chi connectivity index (χ1v) is 11.4. The average molecular weight is 337 g/mol. The fraction of sp³-hybridized carbons (Fsp3) is 0.0833. The van der Waals surface area contributed by atoms with Crippen LogP contribution in [0.2, 0.25) is 0 Å². The molecule has 1 heteroatoms. The van der Waals surface area contributed by atoms with E-state index >= 15 is 0 Å². The average Bonchev–Trinajstić information content (AvgIpc) is 2.69. The lowest BCUT2D eigenvalue weighted by Crippen LogP contribution is -2.63. The molecule has 1 aliphatic heterocycles. The van der Waals surface area contributed by atoms with E-state index in [0.717, 1.165) is 0 Å². The second kappa shape index (κ2) is 5.71. The predicted octanol–water partition coefficient (Wildman–Crippen LogP) is 4.28. The fourth-order valence-corrected chi connectivity index (χ4v) is 9.42. The van der Waals surface area contributed by atoms with Crippen molar-refractivity contribution in [3.8, 4) is 0 Å². The molecule has 0 radical (unpaired) electrons. The van der Waals surface area contributed by atoms with E-state index in [9.17, 15) is 0 Å². The highest BCUT2D eigenvalue weighted by atomic mass is 28.3. The van der Waals surface area contributed by atoms with Crippen LogP contribution in [-0.4, -0.2) is 8.07 Å². The minimum atomic E-state index is -1.86. The molecule has 0 unspecified atom stereocenters. The lowest BCUT2D eigenvalue weighted by Gasteiger charge is -2.37. The molecule has 0 amide bonds. The fourth-order valence-electron chi connectivity index (χ4n) is 4.60. The van der Waals surface area contributed by atoms with Gasteiger partial charge < -0.3 is 0 Å². The van der Waals surface area contributed by atoms with Crippen molar-refractivity contribution in [2.45, 2.75) is 12.1 Å². The molecule has 4 aromatic carbocycles. The molecule has 0 nitrogen and oxygen atoms in total. The molecule has 0 N–H and O–H groups in total. The molecule has 25 heavy (non-hydrogen) atoms. The molecule has 1 heterocycles.